The second-order valence-corrected chi connectivity index (χ2v) is 6.30. The van der Waals surface area contributed by atoms with E-state index < -0.39 is 0 Å². The van der Waals surface area contributed by atoms with Gasteiger partial charge >= 0.3 is 0 Å². The summed E-state index contributed by atoms with van der Waals surface area (Å²) in [7, 11) is 3.39. The number of aryl methyl sites for hydroxylation is 1. The molecule has 3 rings (SSSR count). The van der Waals surface area contributed by atoms with Gasteiger partial charge in [-0.15, -0.1) is 0 Å². The molecule has 0 bridgehead atoms. The number of carbonyl (C=O) groups excluding carboxylic acids is 1. The number of nitrogens with zero attached hydrogens (tertiary/aromatic N) is 3. The van der Waals surface area contributed by atoms with Gasteiger partial charge in [0.05, 0.1) is 30.6 Å². The lowest BCUT2D eigenvalue weighted by molar-refractivity contribution is -0.115. The van der Waals surface area contributed by atoms with E-state index in [0.717, 1.165) is 16.8 Å². The molecule has 1 aromatic carbocycles. The minimum absolute atomic E-state index is 0.147. The number of halogens is 1. The van der Waals surface area contributed by atoms with Gasteiger partial charge in [0.15, 0.2) is 0 Å². The molecule has 0 unspecified atom stereocenters. The average Bonchev–Trinajstić information content (AvgIpc) is 3.01. The lowest BCUT2D eigenvalue weighted by Gasteiger charge is -2.13. The molecule has 140 valence electrons. The maximum absolute atomic E-state index is 12.2. The first kappa shape index (κ1) is 18.9. The lowest BCUT2D eigenvalue weighted by atomic mass is 10.1. The normalized spacial score (nSPS) is 10.6. The Morgan fingerprint density at radius 1 is 1.30 bits per heavy atom. The Hall–Kier alpha value is -2.90. The Morgan fingerprint density at radius 3 is 2.81 bits per heavy atom. The molecule has 2 N–H and O–H groups in total. The Kier molecular flexibility index (Phi) is 6.05. The van der Waals surface area contributed by atoms with E-state index in [2.05, 4.69) is 20.7 Å². The zero-order chi connectivity index (χ0) is 19.2. The van der Waals surface area contributed by atoms with Crippen LogP contribution in [0.3, 0.4) is 0 Å². The zero-order valence-electron chi connectivity index (χ0n) is 15.1. The van der Waals surface area contributed by atoms with Crippen LogP contribution in [0.1, 0.15) is 5.56 Å². The molecular weight excluding hydrogens is 366 g/mol. The number of nitrogens with one attached hydrogen (secondary N) is 2. The quantitative estimate of drug-likeness (QED) is 0.653. The van der Waals surface area contributed by atoms with Crippen LogP contribution in [0.5, 0.6) is 5.75 Å². The number of hydrogen-bond donors (Lipinski definition) is 2. The highest BCUT2D eigenvalue weighted by Crippen LogP contribution is 2.36. The molecule has 3 aromatic rings. The predicted octanol–water partition coefficient (Wildman–Crippen LogP) is 2.87. The van der Waals surface area contributed by atoms with Crippen molar-refractivity contribution in [1.82, 2.24) is 20.1 Å². The SMILES string of the molecule is COc1ccc(NC(=O)CNCc2cccnc2)cc1-c1c(Cl)cnn1C. The first-order chi connectivity index (χ1) is 13.1. The van der Waals surface area contributed by atoms with Crippen molar-refractivity contribution in [3.05, 3.63) is 59.5 Å². The summed E-state index contributed by atoms with van der Waals surface area (Å²) < 4.78 is 7.09. The van der Waals surface area contributed by atoms with Gasteiger partial charge in [-0.1, -0.05) is 17.7 Å². The van der Waals surface area contributed by atoms with Gasteiger partial charge in [0.1, 0.15) is 5.75 Å². The van der Waals surface area contributed by atoms with Crippen molar-refractivity contribution in [2.75, 3.05) is 19.0 Å². The van der Waals surface area contributed by atoms with Crippen LogP contribution in [0.15, 0.2) is 48.9 Å². The largest absolute Gasteiger partial charge is 0.496 e. The molecule has 7 nitrogen and oxygen atoms in total. The van der Waals surface area contributed by atoms with Crippen LogP contribution in [0.25, 0.3) is 11.3 Å². The number of aromatic nitrogens is 3. The fraction of sp³-hybridized carbons (Fsp3) is 0.211. The summed E-state index contributed by atoms with van der Waals surface area (Å²) in [5.74, 6) is 0.499. The summed E-state index contributed by atoms with van der Waals surface area (Å²) in [5, 5.41) is 10.6. The van der Waals surface area contributed by atoms with E-state index in [0.29, 0.717) is 23.0 Å². The molecule has 2 aromatic heterocycles. The van der Waals surface area contributed by atoms with Crippen LogP contribution in [-0.4, -0.2) is 34.3 Å². The third kappa shape index (κ3) is 4.64. The van der Waals surface area contributed by atoms with Crippen molar-refractivity contribution in [3.63, 3.8) is 0 Å². The molecule has 0 saturated carbocycles. The lowest BCUT2D eigenvalue weighted by Crippen LogP contribution is -2.27. The topological polar surface area (TPSA) is 81.1 Å². The Labute approximate surface area is 162 Å². The second kappa shape index (κ2) is 8.66. The summed E-state index contributed by atoms with van der Waals surface area (Å²) in [4.78, 5) is 16.3. The molecule has 0 saturated heterocycles. The number of anilines is 1. The highest BCUT2D eigenvalue weighted by molar-refractivity contribution is 6.33. The molecule has 1 amide bonds. The van der Waals surface area contributed by atoms with E-state index in [1.54, 1.807) is 49.6 Å². The first-order valence-electron chi connectivity index (χ1n) is 8.34. The monoisotopic (exact) mass is 385 g/mol. The molecule has 2 heterocycles. The van der Waals surface area contributed by atoms with Crippen LogP contribution in [0, 0.1) is 0 Å². The van der Waals surface area contributed by atoms with Crippen molar-refractivity contribution < 1.29 is 9.53 Å². The van der Waals surface area contributed by atoms with Crippen molar-refractivity contribution in [1.29, 1.82) is 0 Å². The first-order valence-corrected chi connectivity index (χ1v) is 8.71. The van der Waals surface area contributed by atoms with Crippen molar-refractivity contribution >= 4 is 23.2 Å². The molecular formula is C19H20ClN5O2. The van der Waals surface area contributed by atoms with E-state index in [-0.39, 0.29) is 12.5 Å². The second-order valence-electron chi connectivity index (χ2n) is 5.89. The molecule has 0 atom stereocenters. The van der Waals surface area contributed by atoms with E-state index in [1.165, 1.54) is 0 Å². The molecule has 0 aliphatic heterocycles. The zero-order valence-corrected chi connectivity index (χ0v) is 15.8. The number of rotatable bonds is 7. The van der Waals surface area contributed by atoms with E-state index in [9.17, 15) is 4.79 Å². The van der Waals surface area contributed by atoms with Gasteiger partial charge in [0.2, 0.25) is 5.91 Å². The fourth-order valence-electron chi connectivity index (χ4n) is 2.71. The Morgan fingerprint density at radius 2 is 2.15 bits per heavy atom. The molecule has 0 aliphatic rings. The third-order valence-corrected chi connectivity index (χ3v) is 4.25. The van der Waals surface area contributed by atoms with Crippen LogP contribution in [0.4, 0.5) is 5.69 Å². The van der Waals surface area contributed by atoms with Crippen molar-refractivity contribution in [3.8, 4) is 17.0 Å². The predicted molar refractivity (Wildman–Crippen MR) is 105 cm³/mol. The molecule has 0 fully saturated rings. The van der Waals surface area contributed by atoms with E-state index in [1.807, 2.05) is 18.2 Å². The fourth-order valence-corrected chi connectivity index (χ4v) is 2.98. The van der Waals surface area contributed by atoms with Gasteiger partial charge in [-0.25, -0.2) is 0 Å². The Balaban J connectivity index is 1.68. The summed E-state index contributed by atoms with van der Waals surface area (Å²) in [6.45, 7) is 0.752. The Bertz CT molecular complexity index is 908. The summed E-state index contributed by atoms with van der Waals surface area (Å²) in [5.41, 5.74) is 3.14. The smallest absolute Gasteiger partial charge is 0.238 e. The van der Waals surface area contributed by atoms with Gasteiger partial charge in [0, 0.05) is 37.2 Å². The van der Waals surface area contributed by atoms with Gasteiger partial charge in [-0.2, -0.15) is 5.10 Å². The van der Waals surface area contributed by atoms with Gasteiger partial charge < -0.3 is 15.4 Å². The number of hydrogen-bond acceptors (Lipinski definition) is 5. The van der Waals surface area contributed by atoms with Crippen molar-refractivity contribution in [2.45, 2.75) is 6.54 Å². The van der Waals surface area contributed by atoms with Crippen LogP contribution >= 0.6 is 11.6 Å². The van der Waals surface area contributed by atoms with Crippen LogP contribution in [-0.2, 0) is 18.4 Å². The summed E-state index contributed by atoms with van der Waals surface area (Å²) >= 11 is 6.25. The van der Waals surface area contributed by atoms with E-state index >= 15 is 0 Å². The number of pyridine rings is 1. The highest BCUT2D eigenvalue weighted by atomic mass is 35.5. The van der Waals surface area contributed by atoms with E-state index in [4.69, 9.17) is 16.3 Å². The summed E-state index contributed by atoms with van der Waals surface area (Å²) in [6.07, 6.45) is 5.05. The van der Waals surface area contributed by atoms with Gasteiger partial charge in [-0.05, 0) is 29.8 Å². The molecule has 0 radical (unpaired) electrons. The summed E-state index contributed by atoms with van der Waals surface area (Å²) in [6, 6.07) is 9.20. The minimum atomic E-state index is -0.147. The molecule has 27 heavy (non-hydrogen) atoms. The molecule has 0 spiro atoms. The number of benzene rings is 1. The van der Waals surface area contributed by atoms with Crippen molar-refractivity contribution in [2.24, 2.45) is 7.05 Å². The number of methoxy groups -OCH3 is 1. The highest BCUT2D eigenvalue weighted by Gasteiger charge is 2.15. The number of amides is 1. The number of ether oxygens (including phenoxy) is 1. The van der Waals surface area contributed by atoms with Crippen LogP contribution in [0.2, 0.25) is 5.02 Å². The minimum Gasteiger partial charge on any atom is -0.496 e. The van der Waals surface area contributed by atoms with Crippen LogP contribution < -0.4 is 15.4 Å². The third-order valence-electron chi connectivity index (χ3n) is 3.97. The number of carbonyl (C=O) groups is 1. The maximum atomic E-state index is 12.2. The average molecular weight is 386 g/mol. The maximum Gasteiger partial charge on any atom is 0.238 e. The standard InChI is InChI=1S/C19H20ClN5O2/c1-25-19(16(20)11-23-25)15-8-14(5-6-17(15)27-2)24-18(26)12-22-10-13-4-3-7-21-9-13/h3-9,11,22H,10,12H2,1-2H3,(H,24,26). The molecule has 8 heteroatoms. The van der Waals surface area contributed by atoms with Gasteiger partial charge in [0.25, 0.3) is 0 Å². The van der Waals surface area contributed by atoms with Gasteiger partial charge in [-0.3, -0.25) is 14.5 Å². The molecule has 0 aliphatic carbocycles.